The van der Waals surface area contributed by atoms with Crippen molar-refractivity contribution in [2.24, 2.45) is 17.6 Å². The number of benzene rings is 1. The summed E-state index contributed by atoms with van der Waals surface area (Å²) in [5.74, 6) is 0.958. The molecule has 2 unspecified atom stereocenters. The van der Waals surface area contributed by atoms with Crippen molar-refractivity contribution in [3.8, 4) is 0 Å². The Bertz CT molecular complexity index is 436. The molecule has 110 valence electrons. The molecule has 20 heavy (non-hydrogen) atoms. The van der Waals surface area contributed by atoms with E-state index in [1.165, 1.54) is 12.8 Å². The summed E-state index contributed by atoms with van der Waals surface area (Å²) in [6, 6.07) is 7.48. The monoisotopic (exact) mass is 340 g/mol. The molecule has 1 aliphatic carbocycles. The van der Waals surface area contributed by atoms with Crippen LogP contribution >= 0.6 is 15.9 Å². The summed E-state index contributed by atoms with van der Waals surface area (Å²) in [7, 11) is 0. The summed E-state index contributed by atoms with van der Waals surface area (Å²) < 4.78 is 6.52. The number of halogens is 1. The molecular weight excluding hydrogens is 320 g/mol. The van der Waals surface area contributed by atoms with Gasteiger partial charge >= 0.3 is 0 Å². The summed E-state index contributed by atoms with van der Waals surface area (Å²) >= 11 is 3.36. The van der Waals surface area contributed by atoms with Gasteiger partial charge in [0.15, 0.2) is 0 Å². The number of anilines is 1. The molecule has 0 heterocycles. The molecule has 0 bridgehead atoms. The van der Waals surface area contributed by atoms with Crippen LogP contribution in [0.15, 0.2) is 28.7 Å². The Morgan fingerprint density at radius 1 is 1.30 bits per heavy atom. The minimum atomic E-state index is -0.116. The Morgan fingerprint density at radius 3 is 2.70 bits per heavy atom. The topological polar surface area (TPSA) is 64.3 Å². The first-order valence-corrected chi connectivity index (χ1v) is 7.81. The average molecular weight is 341 g/mol. The molecule has 4 nitrogen and oxygen atoms in total. The van der Waals surface area contributed by atoms with Crippen molar-refractivity contribution in [2.45, 2.75) is 19.3 Å². The van der Waals surface area contributed by atoms with E-state index < -0.39 is 0 Å². The van der Waals surface area contributed by atoms with E-state index in [9.17, 15) is 4.79 Å². The van der Waals surface area contributed by atoms with Crippen LogP contribution < -0.4 is 11.1 Å². The maximum atomic E-state index is 11.7. The highest BCUT2D eigenvalue weighted by Crippen LogP contribution is 2.30. The van der Waals surface area contributed by atoms with E-state index in [1.54, 1.807) is 0 Å². The molecule has 1 aromatic carbocycles. The highest BCUT2D eigenvalue weighted by molar-refractivity contribution is 9.10. The zero-order valence-corrected chi connectivity index (χ0v) is 13.1. The Morgan fingerprint density at radius 2 is 2.00 bits per heavy atom. The fourth-order valence-electron chi connectivity index (χ4n) is 2.68. The Balaban J connectivity index is 1.69. The first-order valence-electron chi connectivity index (χ1n) is 7.02. The fourth-order valence-corrected chi connectivity index (χ4v) is 2.94. The lowest BCUT2D eigenvalue weighted by Gasteiger charge is -2.17. The summed E-state index contributed by atoms with van der Waals surface area (Å²) in [4.78, 5) is 11.7. The molecule has 0 spiro atoms. The molecule has 2 atom stereocenters. The van der Waals surface area contributed by atoms with Gasteiger partial charge in [-0.3, -0.25) is 4.79 Å². The molecule has 0 aliphatic heterocycles. The molecule has 3 N–H and O–H groups in total. The quantitative estimate of drug-likeness (QED) is 0.836. The Labute approximate surface area is 128 Å². The van der Waals surface area contributed by atoms with Gasteiger partial charge in [0.2, 0.25) is 5.91 Å². The number of carbonyl (C=O) groups is 1. The van der Waals surface area contributed by atoms with E-state index in [1.807, 2.05) is 24.3 Å². The van der Waals surface area contributed by atoms with Crippen LogP contribution in [0.4, 0.5) is 5.69 Å². The number of nitrogens with two attached hydrogens (primary N) is 1. The second-order valence-corrected chi connectivity index (χ2v) is 6.17. The van der Waals surface area contributed by atoms with E-state index in [0.29, 0.717) is 18.4 Å². The van der Waals surface area contributed by atoms with Crippen LogP contribution in [0.5, 0.6) is 0 Å². The van der Waals surface area contributed by atoms with Gasteiger partial charge in [-0.25, -0.2) is 0 Å². The van der Waals surface area contributed by atoms with Gasteiger partial charge in [0.05, 0.1) is 6.61 Å². The molecule has 0 aromatic heterocycles. The third kappa shape index (κ3) is 4.58. The van der Waals surface area contributed by atoms with Gasteiger partial charge in [-0.1, -0.05) is 22.4 Å². The lowest BCUT2D eigenvalue weighted by Crippen LogP contribution is -2.25. The van der Waals surface area contributed by atoms with Crippen molar-refractivity contribution >= 4 is 27.5 Å². The van der Waals surface area contributed by atoms with Crippen molar-refractivity contribution in [1.82, 2.24) is 0 Å². The predicted molar refractivity (Wildman–Crippen MR) is 83.5 cm³/mol. The Hall–Kier alpha value is -0.910. The van der Waals surface area contributed by atoms with Crippen LogP contribution in [0.25, 0.3) is 0 Å². The molecule has 0 saturated heterocycles. The van der Waals surface area contributed by atoms with Crippen LogP contribution in [0.3, 0.4) is 0 Å². The highest BCUT2D eigenvalue weighted by atomic mass is 79.9. The van der Waals surface area contributed by atoms with Crippen molar-refractivity contribution in [1.29, 1.82) is 0 Å². The van der Waals surface area contributed by atoms with E-state index in [2.05, 4.69) is 21.2 Å². The van der Waals surface area contributed by atoms with Gasteiger partial charge in [0, 0.05) is 10.2 Å². The molecule has 1 fully saturated rings. The van der Waals surface area contributed by atoms with E-state index in [4.69, 9.17) is 10.5 Å². The number of nitrogens with one attached hydrogen (secondary N) is 1. The third-order valence-corrected chi connectivity index (χ3v) is 4.34. The number of amides is 1. The molecule has 1 aliphatic rings. The van der Waals surface area contributed by atoms with Crippen molar-refractivity contribution in [2.75, 3.05) is 25.1 Å². The zero-order valence-electron chi connectivity index (χ0n) is 11.5. The smallest absolute Gasteiger partial charge is 0.250 e. The van der Waals surface area contributed by atoms with Gasteiger partial charge in [-0.2, -0.15) is 0 Å². The van der Waals surface area contributed by atoms with Crippen molar-refractivity contribution < 1.29 is 9.53 Å². The standard InChI is InChI=1S/C15H21BrN2O2/c16-13-4-6-14(7-5-13)18-15(19)10-20-9-12-3-1-2-11(12)8-17/h4-7,11-12H,1-3,8-10,17H2,(H,18,19). The lowest BCUT2D eigenvalue weighted by molar-refractivity contribution is -0.121. The molecule has 2 rings (SSSR count). The van der Waals surface area contributed by atoms with Crippen molar-refractivity contribution in [3.05, 3.63) is 28.7 Å². The SMILES string of the molecule is NCC1CCCC1COCC(=O)Nc1ccc(Br)cc1. The van der Waals surface area contributed by atoms with Gasteiger partial charge in [-0.15, -0.1) is 0 Å². The second kappa shape index (κ2) is 7.76. The van der Waals surface area contributed by atoms with Crippen molar-refractivity contribution in [3.63, 3.8) is 0 Å². The number of hydrogen-bond donors (Lipinski definition) is 2. The van der Waals surface area contributed by atoms with Crippen LogP contribution in [0.1, 0.15) is 19.3 Å². The molecule has 5 heteroatoms. The minimum Gasteiger partial charge on any atom is -0.371 e. The van der Waals surface area contributed by atoms with Crippen LogP contribution in [-0.2, 0) is 9.53 Å². The summed E-state index contributed by atoms with van der Waals surface area (Å²) in [6.45, 7) is 1.46. The fraction of sp³-hybridized carbons (Fsp3) is 0.533. The number of hydrogen-bond acceptors (Lipinski definition) is 3. The van der Waals surface area contributed by atoms with E-state index in [-0.39, 0.29) is 12.5 Å². The predicted octanol–water partition coefficient (Wildman–Crippen LogP) is 2.78. The molecule has 0 radical (unpaired) electrons. The first kappa shape index (κ1) is 15.5. The van der Waals surface area contributed by atoms with E-state index in [0.717, 1.165) is 23.1 Å². The third-order valence-electron chi connectivity index (χ3n) is 3.81. The number of rotatable bonds is 6. The van der Waals surface area contributed by atoms with Gasteiger partial charge in [0.25, 0.3) is 0 Å². The minimum absolute atomic E-state index is 0.101. The van der Waals surface area contributed by atoms with E-state index >= 15 is 0 Å². The summed E-state index contributed by atoms with van der Waals surface area (Å²) in [5.41, 5.74) is 6.51. The summed E-state index contributed by atoms with van der Waals surface area (Å²) in [5, 5.41) is 2.81. The largest absolute Gasteiger partial charge is 0.371 e. The maximum Gasteiger partial charge on any atom is 0.250 e. The maximum absolute atomic E-state index is 11.7. The average Bonchev–Trinajstić information content (AvgIpc) is 2.89. The zero-order chi connectivity index (χ0) is 14.4. The normalized spacial score (nSPS) is 21.9. The van der Waals surface area contributed by atoms with Gasteiger partial charge < -0.3 is 15.8 Å². The number of ether oxygens (including phenoxy) is 1. The number of carbonyl (C=O) groups excluding carboxylic acids is 1. The lowest BCUT2D eigenvalue weighted by atomic mass is 9.97. The molecule has 1 saturated carbocycles. The summed E-state index contributed by atoms with van der Waals surface area (Å²) in [6.07, 6.45) is 3.58. The molecule has 1 aromatic rings. The second-order valence-electron chi connectivity index (χ2n) is 5.26. The Kier molecular flexibility index (Phi) is 6.01. The molecular formula is C15H21BrN2O2. The van der Waals surface area contributed by atoms with Crippen LogP contribution in [-0.4, -0.2) is 25.7 Å². The molecule has 1 amide bonds. The first-order chi connectivity index (χ1) is 9.69. The van der Waals surface area contributed by atoms with Crippen LogP contribution in [0, 0.1) is 11.8 Å². The highest BCUT2D eigenvalue weighted by Gasteiger charge is 2.26. The van der Waals surface area contributed by atoms with Gasteiger partial charge in [-0.05, 0) is 55.5 Å². The van der Waals surface area contributed by atoms with Crippen LogP contribution in [0.2, 0.25) is 0 Å². The van der Waals surface area contributed by atoms with Gasteiger partial charge in [0.1, 0.15) is 6.61 Å².